The monoisotopic (exact) mass is 328 g/mol. The van der Waals surface area contributed by atoms with E-state index < -0.39 is 6.10 Å². The fourth-order valence-corrected chi connectivity index (χ4v) is 2.50. The van der Waals surface area contributed by atoms with Crippen molar-refractivity contribution in [1.82, 2.24) is 9.78 Å². The lowest BCUT2D eigenvalue weighted by atomic mass is 10.1. The van der Waals surface area contributed by atoms with Crippen molar-refractivity contribution in [2.75, 3.05) is 0 Å². The Morgan fingerprint density at radius 2 is 2.22 bits per heavy atom. The van der Waals surface area contributed by atoms with Crippen LogP contribution in [0.15, 0.2) is 34.9 Å². The van der Waals surface area contributed by atoms with E-state index in [0.717, 1.165) is 28.7 Å². The van der Waals surface area contributed by atoms with Crippen LogP contribution in [0, 0.1) is 0 Å². The molecule has 96 valence electrons. The highest BCUT2D eigenvalue weighted by Crippen LogP contribution is 2.30. The van der Waals surface area contributed by atoms with Crippen LogP contribution in [-0.2, 0) is 6.54 Å². The number of halogens is 2. The van der Waals surface area contributed by atoms with E-state index in [4.69, 9.17) is 11.6 Å². The second kappa shape index (κ2) is 5.87. The molecule has 1 aromatic carbocycles. The number of benzene rings is 1. The molecule has 1 unspecified atom stereocenters. The maximum absolute atomic E-state index is 10.4. The van der Waals surface area contributed by atoms with Crippen molar-refractivity contribution < 1.29 is 5.11 Å². The van der Waals surface area contributed by atoms with E-state index >= 15 is 0 Å². The Labute approximate surface area is 120 Å². The van der Waals surface area contributed by atoms with Crippen LogP contribution in [0.2, 0.25) is 5.02 Å². The first-order chi connectivity index (χ1) is 8.63. The molecule has 1 N–H and O–H groups in total. The quantitative estimate of drug-likeness (QED) is 0.926. The van der Waals surface area contributed by atoms with Crippen LogP contribution in [0.25, 0.3) is 0 Å². The Morgan fingerprint density at radius 3 is 2.94 bits per heavy atom. The summed E-state index contributed by atoms with van der Waals surface area (Å²) in [6, 6.07) is 7.21. The van der Waals surface area contributed by atoms with Crippen molar-refractivity contribution in [3.05, 3.63) is 51.2 Å². The van der Waals surface area contributed by atoms with Gasteiger partial charge < -0.3 is 5.11 Å². The molecule has 0 saturated heterocycles. The molecular formula is C13H14BrClN2O. The van der Waals surface area contributed by atoms with Crippen LogP contribution in [-0.4, -0.2) is 14.9 Å². The summed E-state index contributed by atoms with van der Waals surface area (Å²) < 4.78 is 2.65. The van der Waals surface area contributed by atoms with Gasteiger partial charge in [-0.3, -0.25) is 4.68 Å². The van der Waals surface area contributed by atoms with Gasteiger partial charge in [0.1, 0.15) is 6.10 Å². The van der Waals surface area contributed by atoms with E-state index in [-0.39, 0.29) is 0 Å². The standard InChI is InChI=1S/C13H14BrClN2O/c1-2-7-17-12(5-6-16-17)13(18)10-8-9(15)3-4-11(10)14/h3-6,8,13,18H,2,7H2,1H3. The molecule has 0 aliphatic rings. The third-order valence-corrected chi connectivity index (χ3v) is 3.67. The number of nitrogens with zero attached hydrogens (tertiary/aromatic N) is 2. The summed E-state index contributed by atoms with van der Waals surface area (Å²) in [5.41, 5.74) is 1.53. The highest BCUT2D eigenvalue weighted by molar-refractivity contribution is 9.10. The van der Waals surface area contributed by atoms with E-state index in [1.54, 1.807) is 18.3 Å². The van der Waals surface area contributed by atoms with E-state index in [2.05, 4.69) is 28.0 Å². The van der Waals surface area contributed by atoms with Crippen LogP contribution in [0.5, 0.6) is 0 Å². The summed E-state index contributed by atoms with van der Waals surface area (Å²) in [5.74, 6) is 0. The number of aliphatic hydroxyl groups excluding tert-OH is 1. The molecule has 1 aromatic heterocycles. The summed E-state index contributed by atoms with van der Waals surface area (Å²) in [6.45, 7) is 2.87. The van der Waals surface area contributed by atoms with Gasteiger partial charge in [0, 0.05) is 27.8 Å². The van der Waals surface area contributed by atoms with Crippen molar-refractivity contribution >= 4 is 27.5 Å². The van der Waals surface area contributed by atoms with Crippen molar-refractivity contribution in [2.45, 2.75) is 26.0 Å². The molecule has 1 atom stereocenters. The minimum atomic E-state index is -0.730. The maximum Gasteiger partial charge on any atom is 0.122 e. The van der Waals surface area contributed by atoms with Gasteiger partial charge in [0.05, 0.1) is 5.69 Å². The highest BCUT2D eigenvalue weighted by atomic mass is 79.9. The lowest BCUT2D eigenvalue weighted by molar-refractivity contribution is 0.206. The van der Waals surface area contributed by atoms with E-state index in [1.807, 2.05) is 16.8 Å². The zero-order valence-corrected chi connectivity index (χ0v) is 12.3. The molecule has 0 aliphatic carbocycles. The average Bonchev–Trinajstić information content (AvgIpc) is 2.80. The fraction of sp³-hybridized carbons (Fsp3) is 0.308. The van der Waals surface area contributed by atoms with Crippen molar-refractivity contribution in [3.63, 3.8) is 0 Å². The third-order valence-electron chi connectivity index (χ3n) is 2.72. The van der Waals surface area contributed by atoms with Crippen LogP contribution < -0.4 is 0 Å². The number of hydrogen-bond acceptors (Lipinski definition) is 2. The molecule has 0 aliphatic heterocycles. The number of aromatic nitrogens is 2. The Kier molecular flexibility index (Phi) is 4.43. The fourth-order valence-electron chi connectivity index (χ4n) is 1.86. The van der Waals surface area contributed by atoms with Gasteiger partial charge in [-0.25, -0.2) is 0 Å². The van der Waals surface area contributed by atoms with Crippen molar-refractivity contribution in [1.29, 1.82) is 0 Å². The van der Waals surface area contributed by atoms with E-state index in [9.17, 15) is 5.11 Å². The molecule has 0 bridgehead atoms. The Hall–Kier alpha value is -0.840. The smallest absolute Gasteiger partial charge is 0.122 e. The van der Waals surface area contributed by atoms with Gasteiger partial charge in [-0.15, -0.1) is 0 Å². The van der Waals surface area contributed by atoms with E-state index in [0.29, 0.717) is 5.02 Å². The molecule has 0 fully saturated rings. The van der Waals surface area contributed by atoms with Crippen LogP contribution in [0.4, 0.5) is 0 Å². The summed E-state index contributed by atoms with van der Waals surface area (Å²) in [6.07, 6.45) is 1.94. The highest BCUT2D eigenvalue weighted by Gasteiger charge is 2.18. The first-order valence-corrected chi connectivity index (χ1v) is 6.95. The number of aryl methyl sites for hydroxylation is 1. The Morgan fingerprint density at radius 1 is 1.44 bits per heavy atom. The van der Waals surface area contributed by atoms with Crippen LogP contribution >= 0.6 is 27.5 Å². The molecule has 0 spiro atoms. The van der Waals surface area contributed by atoms with Crippen LogP contribution in [0.1, 0.15) is 30.7 Å². The summed E-state index contributed by atoms with van der Waals surface area (Å²) >= 11 is 9.40. The predicted octanol–water partition coefficient (Wildman–Crippen LogP) is 3.79. The van der Waals surface area contributed by atoms with Gasteiger partial charge in [0.2, 0.25) is 0 Å². The SMILES string of the molecule is CCCn1nccc1C(O)c1cc(Cl)ccc1Br. The van der Waals surface area contributed by atoms with Gasteiger partial charge in [0.15, 0.2) is 0 Å². The minimum Gasteiger partial charge on any atom is -0.382 e. The number of hydrogen-bond donors (Lipinski definition) is 1. The van der Waals surface area contributed by atoms with Gasteiger partial charge in [-0.2, -0.15) is 5.10 Å². The number of rotatable bonds is 4. The zero-order chi connectivity index (χ0) is 13.1. The molecular weight excluding hydrogens is 316 g/mol. The average molecular weight is 330 g/mol. The first kappa shape index (κ1) is 13.6. The second-order valence-corrected chi connectivity index (χ2v) is 5.34. The van der Waals surface area contributed by atoms with Gasteiger partial charge in [-0.05, 0) is 30.7 Å². The molecule has 2 aromatic rings. The van der Waals surface area contributed by atoms with Gasteiger partial charge in [0.25, 0.3) is 0 Å². The molecule has 0 amide bonds. The summed E-state index contributed by atoms with van der Waals surface area (Å²) in [5, 5.41) is 15.3. The second-order valence-electron chi connectivity index (χ2n) is 4.05. The van der Waals surface area contributed by atoms with Crippen molar-refractivity contribution in [2.24, 2.45) is 0 Å². The Balaban J connectivity index is 2.38. The van der Waals surface area contributed by atoms with Gasteiger partial charge in [-0.1, -0.05) is 34.5 Å². The molecule has 5 heteroatoms. The normalized spacial score (nSPS) is 12.7. The van der Waals surface area contributed by atoms with Gasteiger partial charge >= 0.3 is 0 Å². The minimum absolute atomic E-state index is 0.605. The molecule has 0 radical (unpaired) electrons. The molecule has 18 heavy (non-hydrogen) atoms. The summed E-state index contributed by atoms with van der Waals surface area (Å²) in [4.78, 5) is 0. The van der Waals surface area contributed by atoms with Crippen LogP contribution in [0.3, 0.4) is 0 Å². The molecule has 2 rings (SSSR count). The first-order valence-electron chi connectivity index (χ1n) is 5.78. The summed E-state index contributed by atoms with van der Waals surface area (Å²) in [7, 11) is 0. The lowest BCUT2D eigenvalue weighted by Crippen LogP contribution is -2.10. The molecule has 1 heterocycles. The predicted molar refractivity (Wildman–Crippen MR) is 75.7 cm³/mol. The molecule has 3 nitrogen and oxygen atoms in total. The maximum atomic E-state index is 10.4. The zero-order valence-electron chi connectivity index (χ0n) is 9.98. The largest absolute Gasteiger partial charge is 0.382 e. The Bertz CT molecular complexity index is 542. The molecule has 0 saturated carbocycles. The number of aliphatic hydroxyl groups is 1. The topological polar surface area (TPSA) is 38.0 Å². The third kappa shape index (κ3) is 2.76. The van der Waals surface area contributed by atoms with Crippen molar-refractivity contribution in [3.8, 4) is 0 Å². The van der Waals surface area contributed by atoms with E-state index in [1.165, 1.54) is 0 Å². The lowest BCUT2D eigenvalue weighted by Gasteiger charge is -2.15.